The quantitative estimate of drug-likeness (QED) is 0.654. The number of aliphatic hydroxyl groups is 1. The molecule has 0 amide bonds. The third-order valence-corrected chi connectivity index (χ3v) is 1.76. The van der Waals surface area contributed by atoms with Gasteiger partial charge in [0, 0.05) is 12.1 Å². The predicted molar refractivity (Wildman–Crippen MR) is 48.7 cm³/mol. The molecule has 68 valence electrons. The van der Waals surface area contributed by atoms with Crippen molar-refractivity contribution in [3.05, 3.63) is 0 Å². The summed E-state index contributed by atoms with van der Waals surface area (Å²) < 4.78 is 0. The van der Waals surface area contributed by atoms with Crippen molar-refractivity contribution in [3.63, 3.8) is 0 Å². The smallest absolute Gasteiger partial charge is 0.0741 e. The Balaban J connectivity index is 3.70. The summed E-state index contributed by atoms with van der Waals surface area (Å²) in [4.78, 5) is 0. The first kappa shape index (κ1) is 10.9. The zero-order valence-electron chi connectivity index (χ0n) is 8.36. The first-order valence-electron chi connectivity index (χ1n) is 4.24. The minimum Gasteiger partial charge on any atom is -0.389 e. The van der Waals surface area contributed by atoms with Crippen LogP contribution >= 0.6 is 0 Å². The summed E-state index contributed by atoms with van der Waals surface area (Å²) in [6, 6.07) is 0. The average molecular weight is 159 g/mol. The van der Waals surface area contributed by atoms with Crippen LogP contribution in [0.15, 0.2) is 0 Å². The zero-order valence-corrected chi connectivity index (χ0v) is 8.36. The van der Waals surface area contributed by atoms with Gasteiger partial charge in [-0.1, -0.05) is 6.92 Å². The monoisotopic (exact) mass is 159 g/mol. The second-order valence-corrected chi connectivity index (χ2v) is 4.45. The molecule has 1 atom stereocenters. The third-order valence-electron chi connectivity index (χ3n) is 1.76. The Kier molecular flexibility index (Phi) is 3.52. The van der Waals surface area contributed by atoms with Crippen LogP contribution in [0, 0.1) is 0 Å². The first-order valence-corrected chi connectivity index (χ1v) is 4.24. The summed E-state index contributed by atoms with van der Waals surface area (Å²) in [6.45, 7) is 10.8. The van der Waals surface area contributed by atoms with E-state index in [4.69, 9.17) is 0 Å². The van der Waals surface area contributed by atoms with Crippen LogP contribution in [0.25, 0.3) is 0 Å². The molecule has 0 saturated heterocycles. The normalized spacial score (nSPS) is 18.0. The van der Waals surface area contributed by atoms with Crippen molar-refractivity contribution in [1.82, 2.24) is 5.32 Å². The van der Waals surface area contributed by atoms with Crippen molar-refractivity contribution in [2.45, 2.75) is 52.2 Å². The molecular weight excluding hydrogens is 138 g/mol. The number of hydrogen-bond donors (Lipinski definition) is 2. The fourth-order valence-corrected chi connectivity index (χ4v) is 0.581. The van der Waals surface area contributed by atoms with E-state index in [0.717, 1.165) is 6.42 Å². The fourth-order valence-electron chi connectivity index (χ4n) is 0.581. The summed E-state index contributed by atoms with van der Waals surface area (Å²) >= 11 is 0. The van der Waals surface area contributed by atoms with E-state index in [1.165, 1.54) is 0 Å². The molecule has 2 N–H and O–H groups in total. The van der Waals surface area contributed by atoms with Crippen molar-refractivity contribution in [2.75, 3.05) is 6.54 Å². The van der Waals surface area contributed by atoms with E-state index in [0.29, 0.717) is 6.54 Å². The molecule has 2 heteroatoms. The molecule has 0 aromatic rings. The average Bonchev–Trinajstić information content (AvgIpc) is 1.83. The highest BCUT2D eigenvalue weighted by Crippen LogP contribution is 2.08. The predicted octanol–water partition coefficient (Wildman–Crippen LogP) is 1.54. The molecule has 0 rings (SSSR count). The molecule has 0 radical (unpaired) electrons. The Labute approximate surface area is 70.0 Å². The van der Waals surface area contributed by atoms with Crippen molar-refractivity contribution >= 4 is 0 Å². The Hall–Kier alpha value is -0.0800. The van der Waals surface area contributed by atoms with Crippen LogP contribution in [0.3, 0.4) is 0 Å². The molecule has 1 unspecified atom stereocenters. The maximum atomic E-state index is 9.62. The summed E-state index contributed by atoms with van der Waals surface area (Å²) in [5.74, 6) is 0. The van der Waals surface area contributed by atoms with Crippen LogP contribution in [0.4, 0.5) is 0 Å². The van der Waals surface area contributed by atoms with Crippen molar-refractivity contribution in [1.29, 1.82) is 0 Å². The lowest BCUT2D eigenvalue weighted by atomic mass is 10.0. The molecule has 0 saturated carbocycles. The number of β-amino-alcohol motifs (C(OH)–C–C–N with tert-alkyl or cyclic N) is 1. The van der Waals surface area contributed by atoms with Crippen LogP contribution in [0.1, 0.15) is 41.0 Å². The summed E-state index contributed by atoms with van der Waals surface area (Å²) in [5, 5.41) is 12.9. The molecule has 11 heavy (non-hydrogen) atoms. The summed E-state index contributed by atoms with van der Waals surface area (Å²) in [7, 11) is 0. The topological polar surface area (TPSA) is 32.3 Å². The van der Waals surface area contributed by atoms with Gasteiger partial charge in [-0.3, -0.25) is 0 Å². The summed E-state index contributed by atoms with van der Waals surface area (Å²) in [6.07, 6.45) is 0.788. The van der Waals surface area contributed by atoms with Crippen LogP contribution in [-0.4, -0.2) is 22.8 Å². The van der Waals surface area contributed by atoms with Gasteiger partial charge in [0.05, 0.1) is 5.60 Å². The van der Waals surface area contributed by atoms with E-state index in [1.54, 1.807) is 0 Å². The van der Waals surface area contributed by atoms with Gasteiger partial charge in [-0.25, -0.2) is 0 Å². The SMILES string of the molecule is CCC(C)(O)CNC(C)(C)C. The number of nitrogens with one attached hydrogen (secondary N) is 1. The largest absolute Gasteiger partial charge is 0.389 e. The van der Waals surface area contributed by atoms with Gasteiger partial charge in [0.15, 0.2) is 0 Å². The molecule has 0 aromatic heterocycles. The molecule has 0 aliphatic rings. The standard InChI is InChI=1S/C9H21NO/c1-6-9(5,11)7-10-8(2,3)4/h10-11H,6-7H2,1-5H3. The van der Waals surface area contributed by atoms with Crippen molar-refractivity contribution < 1.29 is 5.11 Å². The minimum absolute atomic E-state index is 0.0964. The molecule has 0 spiro atoms. The third kappa shape index (κ3) is 6.32. The lowest BCUT2D eigenvalue weighted by Gasteiger charge is -2.28. The molecule has 0 aliphatic carbocycles. The molecule has 0 bridgehead atoms. The van der Waals surface area contributed by atoms with Gasteiger partial charge in [0.2, 0.25) is 0 Å². The van der Waals surface area contributed by atoms with Gasteiger partial charge in [0.25, 0.3) is 0 Å². The van der Waals surface area contributed by atoms with Gasteiger partial charge in [-0.2, -0.15) is 0 Å². The van der Waals surface area contributed by atoms with E-state index in [1.807, 2.05) is 13.8 Å². The Morgan fingerprint density at radius 3 is 1.91 bits per heavy atom. The van der Waals surface area contributed by atoms with Crippen molar-refractivity contribution in [3.8, 4) is 0 Å². The van der Waals surface area contributed by atoms with E-state index in [9.17, 15) is 5.11 Å². The highest BCUT2D eigenvalue weighted by atomic mass is 16.3. The first-order chi connectivity index (χ1) is 4.77. The van der Waals surface area contributed by atoms with E-state index >= 15 is 0 Å². The van der Waals surface area contributed by atoms with Gasteiger partial charge in [-0.15, -0.1) is 0 Å². The zero-order chi connectivity index (χ0) is 9.12. The Bertz CT molecular complexity index is 113. The van der Waals surface area contributed by atoms with Crippen LogP contribution in [0.5, 0.6) is 0 Å². The maximum Gasteiger partial charge on any atom is 0.0741 e. The van der Waals surface area contributed by atoms with Gasteiger partial charge >= 0.3 is 0 Å². The Morgan fingerprint density at radius 2 is 1.64 bits per heavy atom. The molecule has 2 nitrogen and oxygen atoms in total. The maximum absolute atomic E-state index is 9.62. The second-order valence-electron chi connectivity index (χ2n) is 4.45. The van der Waals surface area contributed by atoms with Crippen LogP contribution < -0.4 is 5.32 Å². The van der Waals surface area contributed by atoms with Crippen LogP contribution in [-0.2, 0) is 0 Å². The Morgan fingerprint density at radius 1 is 1.18 bits per heavy atom. The highest BCUT2D eigenvalue weighted by molar-refractivity contribution is 4.79. The summed E-state index contributed by atoms with van der Waals surface area (Å²) in [5.41, 5.74) is -0.466. The molecule has 0 heterocycles. The van der Waals surface area contributed by atoms with Crippen molar-refractivity contribution in [2.24, 2.45) is 0 Å². The number of hydrogen-bond acceptors (Lipinski definition) is 2. The molecule has 0 aliphatic heterocycles. The van der Waals surface area contributed by atoms with Crippen LogP contribution in [0.2, 0.25) is 0 Å². The van der Waals surface area contributed by atoms with E-state index in [-0.39, 0.29) is 5.54 Å². The molecular formula is C9H21NO. The number of rotatable bonds is 3. The van der Waals surface area contributed by atoms with E-state index < -0.39 is 5.60 Å². The van der Waals surface area contributed by atoms with Gasteiger partial charge < -0.3 is 10.4 Å². The van der Waals surface area contributed by atoms with Gasteiger partial charge in [0.1, 0.15) is 0 Å². The lowest BCUT2D eigenvalue weighted by Crippen LogP contribution is -2.45. The minimum atomic E-state index is -0.562. The lowest BCUT2D eigenvalue weighted by molar-refractivity contribution is 0.0494. The van der Waals surface area contributed by atoms with E-state index in [2.05, 4.69) is 26.1 Å². The second kappa shape index (κ2) is 3.55. The highest BCUT2D eigenvalue weighted by Gasteiger charge is 2.20. The fraction of sp³-hybridized carbons (Fsp3) is 1.00. The molecule has 0 fully saturated rings. The van der Waals surface area contributed by atoms with Gasteiger partial charge in [-0.05, 0) is 34.1 Å². The molecule has 0 aromatic carbocycles.